The van der Waals surface area contributed by atoms with Crippen LogP contribution >= 0.6 is 0 Å². The Morgan fingerprint density at radius 1 is 1.27 bits per heavy atom. The maximum absolute atomic E-state index is 12.4. The molecular formula is C15H17F3N2O2. The summed E-state index contributed by atoms with van der Waals surface area (Å²) in [5.74, 6) is -1.02. The van der Waals surface area contributed by atoms with Crippen molar-refractivity contribution >= 4 is 11.8 Å². The molecule has 1 aromatic rings. The minimum Gasteiger partial charge on any atom is -0.315 e. The summed E-state index contributed by atoms with van der Waals surface area (Å²) in [4.78, 5) is 25.6. The van der Waals surface area contributed by atoms with E-state index in [4.69, 9.17) is 0 Å². The van der Waals surface area contributed by atoms with Crippen LogP contribution in [0.4, 0.5) is 13.2 Å². The molecule has 1 fully saturated rings. The van der Waals surface area contributed by atoms with E-state index in [0.29, 0.717) is 4.90 Å². The van der Waals surface area contributed by atoms with E-state index in [1.807, 2.05) is 32.0 Å². The third-order valence-corrected chi connectivity index (χ3v) is 3.59. The highest BCUT2D eigenvalue weighted by Crippen LogP contribution is 2.20. The van der Waals surface area contributed by atoms with Crippen molar-refractivity contribution in [2.24, 2.45) is 0 Å². The average Bonchev–Trinajstić information content (AvgIpc) is 2.73. The second kappa shape index (κ2) is 5.98. The SMILES string of the molecule is Cc1ccc(C)c(CC(=O)N2CC(=O)N(CC(F)(F)F)C2)c1. The smallest absolute Gasteiger partial charge is 0.315 e. The topological polar surface area (TPSA) is 40.6 Å². The number of rotatable bonds is 3. The second-order valence-corrected chi connectivity index (χ2v) is 5.55. The second-order valence-electron chi connectivity index (χ2n) is 5.55. The zero-order chi connectivity index (χ0) is 16.5. The first-order valence-electron chi connectivity index (χ1n) is 6.84. The minimum atomic E-state index is -4.46. The lowest BCUT2D eigenvalue weighted by Crippen LogP contribution is -2.37. The molecule has 0 atom stereocenters. The molecule has 2 rings (SSSR count). The Labute approximate surface area is 126 Å². The molecule has 1 aliphatic rings. The van der Waals surface area contributed by atoms with Crippen LogP contribution in [-0.2, 0) is 16.0 Å². The average molecular weight is 314 g/mol. The lowest BCUT2D eigenvalue weighted by atomic mass is 10.0. The van der Waals surface area contributed by atoms with E-state index < -0.39 is 18.6 Å². The van der Waals surface area contributed by atoms with Gasteiger partial charge in [0.15, 0.2) is 0 Å². The highest BCUT2D eigenvalue weighted by molar-refractivity contribution is 5.88. The van der Waals surface area contributed by atoms with Crippen molar-refractivity contribution < 1.29 is 22.8 Å². The minimum absolute atomic E-state index is 0.0840. The van der Waals surface area contributed by atoms with Crippen LogP contribution in [0.3, 0.4) is 0 Å². The molecule has 2 amide bonds. The van der Waals surface area contributed by atoms with Crippen molar-refractivity contribution in [3.05, 3.63) is 34.9 Å². The van der Waals surface area contributed by atoms with E-state index in [9.17, 15) is 22.8 Å². The highest BCUT2D eigenvalue weighted by Gasteiger charge is 2.38. The van der Waals surface area contributed by atoms with Gasteiger partial charge in [0.2, 0.25) is 11.8 Å². The number of hydrogen-bond acceptors (Lipinski definition) is 2. The number of hydrogen-bond donors (Lipinski definition) is 0. The van der Waals surface area contributed by atoms with Crippen molar-refractivity contribution in [3.8, 4) is 0 Å². The first-order chi connectivity index (χ1) is 10.2. The molecule has 1 aromatic carbocycles. The third kappa shape index (κ3) is 3.99. The van der Waals surface area contributed by atoms with Gasteiger partial charge in [-0.15, -0.1) is 0 Å². The highest BCUT2D eigenvalue weighted by atomic mass is 19.4. The number of halogens is 3. The molecule has 22 heavy (non-hydrogen) atoms. The Morgan fingerprint density at radius 3 is 2.59 bits per heavy atom. The monoisotopic (exact) mass is 314 g/mol. The maximum Gasteiger partial charge on any atom is 0.406 e. The van der Waals surface area contributed by atoms with Gasteiger partial charge in [-0.2, -0.15) is 13.2 Å². The Hall–Kier alpha value is -2.05. The van der Waals surface area contributed by atoms with Gasteiger partial charge < -0.3 is 9.80 Å². The molecule has 0 radical (unpaired) electrons. The van der Waals surface area contributed by atoms with Gasteiger partial charge >= 0.3 is 6.18 Å². The molecule has 7 heteroatoms. The number of carbonyl (C=O) groups excluding carboxylic acids is 2. The first-order valence-corrected chi connectivity index (χ1v) is 6.84. The lowest BCUT2D eigenvalue weighted by molar-refractivity contribution is -0.157. The molecule has 1 saturated heterocycles. The van der Waals surface area contributed by atoms with Gasteiger partial charge in [0.25, 0.3) is 0 Å². The van der Waals surface area contributed by atoms with Gasteiger partial charge in [-0.05, 0) is 25.0 Å². The van der Waals surface area contributed by atoms with Gasteiger partial charge in [0, 0.05) is 0 Å². The molecule has 120 valence electrons. The molecule has 1 heterocycles. The number of carbonyl (C=O) groups is 2. The number of benzene rings is 1. The van der Waals surface area contributed by atoms with Crippen molar-refractivity contribution in [1.29, 1.82) is 0 Å². The largest absolute Gasteiger partial charge is 0.406 e. The van der Waals surface area contributed by atoms with Gasteiger partial charge in [0.05, 0.1) is 13.1 Å². The normalized spacial score (nSPS) is 15.6. The van der Waals surface area contributed by atoms with E-state index in [2.05, 4.69) is 0 Å². The predicted octanol–water partition coefficient (Wildman–Crippen LogP) is 2.04. The zero-order valence-electron chi connectivity index (χ0n) is 12.4. The Balaban J connectivity index is 2.02. The Kier molecular flexibility index (Phi) is 4.44. The van der Waals surface area contributed by atoms with Crippen LogP contribution in [0.1, 0.15) is 16.7 Å². The van der Waals surface area contributed by atoms with E-state index in [1.165, 1.54) is 0 Å². The fourth-order valence-corrected chi connectivity index (χ4v) is 2.39. The zero-order valence-corrected chi connectivity index (χ0v) is 12.4. The predicted molar refractivity (Wildman–Crippen MR) is 74.0 cm³/mol. The van der Waals surface area contributed by atoms with Crippen LogP contribution in [0.25, 0.3) is 0 Å². The quantitative estimate of drug-likeness (QED) is 0.856. The summed E-state index contributed by atoms with van der Waals surface area (Å²) in [5.41, 5.74) is 2.77. The van der Waals surface area contributed by atoms with Crippen LogP contribution in [0, 0.1) is 13.8 Å². The van der Waals surface area contributed by atoms with Crippen molar-refractivity contribution in [2.75, 3.05) is 19.8 Å². The molecule has 1 aliphatic heterocycles. The maximum atomic E-state index is 12.4. The number of alkyl halides is 3. The van der Waals surface area contributed by atoms with Gasteiger partial charge in [-0.3, -0.25) is 9.59 Å². The number of amides is 2. The fraction of sp³-hybridized carbons (Fsp3) is 0.467. The summed E-state index contributed by atoms with van der Waals surface area (Å²) in [5, 5.41) is 0. The molecule has 0 N–H and O–H groups in total. The number of aryl methyl sites for hydroxylation is 2. The standard InChI is InChI=1S/C15H17F3N2O2/c1-10-3-4-11(2)12(5-10)6-13(21)19-7-14(22)20(9-19)8-15(16,17)18/h3-5H,6-9H2,1-2H3. The van der Waals surface area contributed by atoms with Crippen LogP contribution < -0.4 is 0 Å². The van der Waals surface area contributed by atoms with Gasteiger partial charge in [-0.25, -0.2) is 0 Å². The van der Waals surface area contributed by atoms with E-state index >= 15 is 0 Å². The molecule has 0 unspecified atom stereocenters. The van der Waals surface area contributed by atoms with E-state index in [0.717, 1.165) is 21.6 Å². The number of nitrogens with zero attached hydrogens (tertiary/aromatic N) is 2. The molecular weight excluding hydrogens is 297 g/mol. The molecule has 0 aromatic heterocycles. The summed E-state index contributed by atoms with van der Waals surface area (Å²) in [6.07, 6.45) is -4.37. The van der Waals surface area contributed by atoms with Crippen molar-refractivity contribution in [2.45, 2.75) is 26.4 Å². The summed E-state index contributed by atoms with van der Waals surface area (Å²) in [6.45, 7) is 1.85. The summed E-state index contributed by atoms with van der Waals surface area (Å²) >= 11 is 0. The molecule has 0 bridgehead atoms. The van der Waals surface area contributed by atoms with Crippen molar-refractivity contribution in [1.82, 2.24) is 9.80 Å². The Morgan fingerprint density at radius 2 is 1.95 bits per heavy atom. The van der Waals surface area contributed by atoms with Gasteiger partial charge in [0.1, 0.15) is 13.1 Å². The summed E-state index contributed by atoms with van der Waals surface area (Å²) in [6, 6.07) is 5.69. The third-order valence-electron chi connectivity index (χ3n) is 3.59. The fourth-order valence-electron chi connectivity index (χ4n) is 2.39. The molecule has 0 aliphatic carbocycles. The summed E-state index contributed by atoms with van der Waals surface area (Å²) < 4.78 is 37.1. The van der Waals surface area contributed by atoms with E-state index in [-0.39, 0.29) is 25.5 Å². The first kappa shape index (κ1) is 16.3. The van der Waals surface area contributed by atoms with Crippen LogP contribution in [0.15, 0.2) is 18.2 Å². The van der Waals surface area contributed by atoms with Crippen LogP contribution in [-0.4, -0.2) is 47.5 Å². The van der Waals surface area contributed by atoms with E-state index in [1.54, 1.807) is 0 Å². The molecule has 0 spiro atoms. The Bertz CT molecular complexity index is 599. The summed E-state index contributed by atoms with van der Waals surface area (Å²) in [7, 11) is 0. The van der Waals surface area contributed by atoms with Crippen LogP contribution in [0.5, 0.6) is 0 Å². The lowest BCUT2D eigenvalue weighted by Gasteiger charge is -2.19. The molecule has 4 nitrogen and oxygen atoms in total. The van der Waals surface area contributed by atoms with Crippen LogP contribution in [0.2, 0.25) is 0 Å². The molecule has 0 saturated carbocycles. The van der Waals surface area contributed by atoms with Gasteiger partial charge in [-0.1, -0.05) is 23.8 Å². The van der Waals surface area contributed by atoms with Crippen molar-refractivity contribution in [3.63, 3.8) is 0 Å².